The van der Waals surface area contributed by atoms with E-state index in [1.165, 1.54) is 0 Å². The van der Waals surface area contributed by atoms with Crippen LogP contribution in [0.2, 0.25) is 0 Å². The van der Waals surface area contributed by atoms with Crippen molar-refractivity contribution in [3.63, 3.8) is 0 Å². The molecular weight excluding hydrogens is 320 g/mol. The molecule has 1 amide bonds. The maximum absolute atomic E-state index is 11.6. The van der Waals surface area contributed by atoms with E-state index < -0.39 is 0 Å². The molecule has 0 spiro atoms. The fourth-order valence-corrected chi connectivity index (χ4v) is 2.44. The van der Waals surface area contributed by atoms with E-state index in [1.54, 1.807) is 14.2 Å². The number of amides is 1. The highest BCUT2D eigenvalue weighted by Gasteiger charge is 2.28. The van der Waals surface area contributed by atoms with E-state index in [4.69, 9.17) is 9.47 Å². The van der Waals surface area contributed by atoms with Crippen LogP contribution in [0.25, 0.3) is 0 Å². The van der Waals surface area contributed by atoms with Crippen LogP contribution in [0.15, 0.2) is 23.2 Å². The molecule has 1 saturated carbocycles. The molecule has 25 heavy (non-hydrogen) atoms. The smallest absolute Gasteiger partial charge is 0.223 e. The number of methoxy groups -OCH3 is 2. The van der Waals surface area contributed by atoms with Gasteiger partial charge in [0.05, 0.1) is 20.8 Å². The molecule has 0 radical (unpaired) electrons. The van der Waals surface area contributed by atoms with Crippen molar-refractivity contribution >= 4 is 11.9 Å². The molecule has 0 bridgehead atoms. The van der Waals surface area contributed by atoms with E-state index in [1.807, 2.05) is 25.1 Å². The Kier molecular flexibility index (Phi) is 7.37. The lowest BCUT2D eigenvalue weighted by Crippen LogP contribution is -2.41. The fourth-order valence-electron chi connectivity index (χ4n) is 2.44. The van der Waals surface area contributed by atoms with Gasteiger partial charge in [0.15, 0.2) is 17.5 Å². The van der Waals surface area contributed by atoms with E-state index >= 15 is 0 Å². The highest BCUT2D eigenvalue weighted by molar-refractivity contribution is 5.81. The molecule has 7 heteroatoms. The Hall–Kier alpha value is -2.44. The van der Waals surface area contributed by atoms with Gasteiger partial charge in [-0.15, -0.1) is 0 Å². The summed E-state index contributed by atoms with van der Waals surface area (Å²) in [5.41, 5.74) is 0.945. The van der Waals surface area contributed by atoms with Gasteiger partial charge in [0.25, 0.3) is 0 Å². The number of carbonyl (C=O) groups excluding carboxylic acids is 1. The van der Waals surface area contributed by atoms with Crippen LogP contribution in [0, 0.1) is 5.92 Å². The number of nitrogens with one attached hydrogen (secondary N) is 3. The van der Waals surface area contributed by atoms with Crippen LogP contribution >= 0.6 is 0 Å². The maximum atomic E-state index is 11.6. The van der Waals surface area contributed by atoms with Crippen molar-refractivity contribution in [3.8, 4) is 11.5 Å². The van der Waals surface area contributed by atoms with Crippen LogP contribution in [0.4, 0.5) is 0 Å². The molecule has 0 heterocycles. The second kappa shape index (κ2) is 9.76. The van der Waals surface area contributed by atoms with Crippen molar-refractivity contribution in [1.29, 1.82) is 0 Å². The zero-order valence-corrected chi connectivity index (χ0v) is 15.2. The number of para-hydroxylation sites is 1. The number of nitrogens with zero attached hydrogens (tertiary/aromatic N) is 1. The first kappa shape index (κ1) is 18.9. The molecule has 0 aliphatic heterocycles. The molecule has 7 nitrogen and oxygen atoms in total. The van der Waals surface area contributed by atoms with Gasteiger partial charge in [-0.05, 0) is 25.8 Å². The third kappa shape index (κ3) is 5.85. The minimum absolute atomic E-state index is 0.157. The van der Waals surface area contributed by atoms with Gasteiger partial charge in [0, 0.05) is 31.1 Å². The Morgan fingerprint density at radius 2 is 1.92 bits per heavy atom. The zero-order chi connectivity index (χ0) is 18.1. The molecule has 2 rings (SSSR count). The molecule has 1 aromatic carbocycles. The summed E-state index contributed by atoms with van der Waals surface area (Å²) >= 11 is 0. The number of aliphatic imine (C=N–C) groups is 1. The standard InChI is InChI=1S/C18H28N4O3/c1-4-19-18(21-11-10-20-17(23)13-8-9-13)22-12-14-6-5-7-15(24-2)16(14)25-3/h5-7,13H,4,8-12H2,1-3H3,(H,20,23)(H2,19,21,22). The van der Waals surface area contributed by atoms with Gasteiger partial charge < -0.3 is 25.4 Å². The summed E-state index contributed by atoms with van der Waals surface area (Å²) in [6.07, 6.45) is 2.04. The Bertz CT molecular complexity index is 600. The summed E-state index contributed by atoms with van der Waals surface area (Å²) in [7, 11) is 3.24. The Morgan fingerprint density at radius 3 is 2.56 bits per heavy atom. The summed E-state index contributed by atoms with van der Waals surface area (Å²) in [5.74, 6) is 2.48. The van der Waals surface area contributed by atoms with E-state index in [9.17, 15) is 4.79 Å². The van der Waals surface area contributed by atoms with Crippen molar-refractivity contribution in [3.05, 3.63) is 23.8 Å². The number of benzene rings is 1. The van der Waals surface area contributed by atoms with Crippen LogP contribution in [0.3, 0.4) is 0 Å². The maximum Gasteiger partial charge on any atom is 0.223 e. The summed E-state index contributed by atoms with van der Waals surface area (Å²) in [5, 5.41) is 9.35. The number of guanidine groups is 1. The molecule has 1 aliphatic rings. The lowest BCUT2D eigenvalue weighted by molar-refractivity contribution is -0.122. The second-order valence-electron chi connectivity index (χ2n) is 5.84. The van der Waals surface area contributed by atoms with Crippen molar-refractivity contribution in [2.45, 2.75) is 26.3 Å². The largest absolute Gasteiger partial charge is 0.493 e. The quantitative estimate of drug-likeness (QED) is 0.356. The van der Waals surface area contributed by atoms with Crippen molar-refractivity contribution in [2.75, 3.05) is 33.9 Å². The predicted octanol–water partition coefficient (Wildman–Crippen LogP) is 1.29. The van der Waals surface area contributed by atoms with E-state index in [0.29, 0.717) is 37.1 Å². The zero-order valence-electron chi connectivity index (χ0n) is 15.2. The lowest BCUT2D eigenvalue weighted by atomic mass is 10.2. The lowest BCUT2D eigenvalue weighted by Gasteiger charge is -2.14. The molecule has 0 saturated heterocycles. The molecule has 138 valence electrons. The first-order valence-corrected chi connectivity index (χ1v) is 8.69. The molecule has 0 unspecified atom stereocenters. The monoisotopic (exact) mass is 348 g/mol. The Labute approximate surface area is 149 Å². The minimum atomic E-state index is 0.157. The van der Waals surface area contributed by atoms with E-state index in [-0.39, 0.29) is 11.8 Å². The van der Waals surface area contributed by atoms with Gasteiger partial charge in [0.2, 0.25) is 5.91 Å². The number of hydrogen-bond acceptors (Lipinski definition) is 4. The molecule has 1 aliphatic carbocycles. The van der Waals surface area contributed by atoms with Crippen LogP contribution in [0.1, 0.15) is 25.3 Å². The number of hydrogen-bond donors (Lipinski definition) is 3. The molecule has 1 fully saturated rings. The molecule has 0 atom stereocenters. The molecular formula is C18H28N4O3. The van der Waals surface area contributed by atoms with Crippen LogP contribution in [-0.4, -0.2) is 45.7 Å². The normalized spacial score (nSPS) is 14.0. The fraction of sp³-hybridized carbons (Fsp3) is 0.556. The first-order chi connectivity index (χ1) is 12.2. The van der Waals surface area contributed by atoms with Gasteiger partial charge in [-0.2, -0.15) is 0 Å². The minimum Gasteiger partial charge on any atom is -0.493 e. The number of ether oxygens (including phenoxy) is 2. The first-order valence-electron chi connectivity index (χ1n) is 8.69. The van der Waals surface area contributed by atoms with Gasteiger partial charge >= 0.3 is 0 Å². The third-order valence-corrected chi connectivity index (χ3v) is 3.90. The number of carbonyl (C=O) groups is 1. The number of rotatable bonds is 9. The molecule has 0 aromatic heterocycles. The Balaban J connectivity index is 1.89. The third-order valence-electron chi connectivity index (χ3n) is 3.90. The van der Waals surface area contributed by atoms with E-state index in [0.717, 1.165) is 24.9 Å². The highest BCUT2D eigenvalue weighted by atomic mass is 16.5. The van der Waals surface area contributed by atoms with Gasteiger partial charge in [-0.3, -0.25) is 4.79 Å². The van der Waals surface area contributed by atoms with Gasteiger partial charge in [0.1, 0.15) is 0 Å². The topological polar surface area (TPSA) is 84.0 Å². The highest BCUT2D eigenvalue weighted by Crippen LogP contribution is 2.31. The summed E-state index contributed by atoms with van der Waals surface area (Å²) < 4.78 is 10.7. The summed E-state index contributed by atoms with van der Waals surface area (Å²) in [4.78, 5) is 16.2. The van der Waals surface area contributed by atoms with Crippen LogP contribution in [0.5, 0.6) is 11.5 Å². The van der Waals surface area contributed by atoms with E-state index in [2.05, 4.69) is 20.9 Å². The molecule has 3 N–H and O–H groups in total. The van der Waals surface area contributed by atoms with Crippen molar-refractivity contribution in [2.24, 2.45) is 10.9 Å². The summed E-state index contributed by atoms with van der Waals surface area (Å²) in [6.45, 7) is 4.44. The molecule has 1 aromatic rings. The predicted molar refractivity (Wildman–Crippen MR) is 98.1 cm³/mol. The Morgan fingerprint density at radius 1 is 1.16 bits per heavy atom. The SMILES string of the molecule is CCNC(=NCc1cccc(OC)c1OC)NCCNC(=O)C1CC1. The summed E-state index contributed by atoms with van der Waals surface area (Å²) in [6, 6.07) is 5.74. The average molecular weight is 348 g/mol. The van der Waals surface area contributed by atoms with Crippen LogP contribution in [-0.2, 0) is 11.3 Å². The van der Waals surface area contributed by atoms with Crippen molar-refractivity contribution in [1.82, 2.24) is 16.0 Å². The van der Waals surface area contributed by atoms with Gasteiger partial charge in [-0.1, -0.05) is 12.1 Å². The average Bonchev–Trinajstić information content (AvgIpc) is 3.47. The van der Waals surface area contributed by atoms with Gasteiger partial charge in [-0.25, -0.2) is 4.99 Å². The van der Waals surface area contributed by atoms with Crippen LogP contribution < -0.4 is 25.4 Å². The second-order valence-corrected chi connectivity index (χ2v) is 5.84. The van der Waals surface area contributed by atoms with Crippen molar-refractivity contribution < 1.29 is 14.3 Å².